The summed E-state index contributed by atoms with van der Waals surface area (Å²) in [5.41, 5.74) is 1.49. The Morgan fingerprint density at radius 1 is 1.06 bits per heavy atom. The maximum absolute atomic E-state index is 12.9. The molecular formula is C14H12FNO. The van der Waals surface area contributed by atoms with Crippen LogP contribution in [0.1, 0.15) is 11.1 Å². The highest BCUT2D eigenvalue weighted by Crippen LogP contribution is 2.03. The zero-order valence-electron chi connectivity index (χ0n) is 9.21. The first-order valence-corrected chi connectivity index (χ1v) is 5.32. The Morgan fingerprint density at radius 2 is 1.82 bits per heavy atom. The highest BCUT2D eigenvalue weighted by molar-refractivity contribution is 5.75. The lowest BCUT2D eigenvalue weighted by Crippen LogP contribution is -2.05. The Kier molecular flexibility index (Phi) is 3.50. The van der Waals surface area contributed by atoms with Crippen molar-refractivity contribution in [3.05, 3.63) is 76.7 Å². The van der Waals surface area contributed by atoms with Crippen LogP contribution in [-0.2, 0) is 6.54 Å². The second-order valence-electron chi connectivity index (χ2n) is 3.74. The fourth-order valence-electron chi connectivity index (χ4n) is 1.56. The van der Waals surface area contributed by atoms with Gasteiger partial charge in [-0.05, 0) is 18.2 Å². The minimum Gasteiger partial charge on any atom is -0.624 e. The van der Waals surface area contributed by atoms with Gasteiger partial charge in [0.25, 0.3) is 0 Å². The third kappa shape index (κ3) is 3.41. The van der Waals surface area contributed by atoms with Crippen LogP contribution in [0.4, 0.5) is 4.39 Å². The summed E-state index contributed by atoms with van der Waals surface area (Å²) in [7, 11) is 0. The number of rotatable bonds is 3. The fourth-order valence-corrected chi connectivity index (χ4v) is 1.56. The van der Waals surface area contributed by atoms with E-state index in [1.54, 1.807) is 12.1 Å². The van der Waals surface area contributed by atoms with Gasteiger partial charge in [-0.1, -0.05) is 36.4 Å². The summed E-state index contributed by atoms with van der Waals surface area (Å²) in [6.07, 6.45) is 1.38. The van der Waals surface area contributed by atoms with Gasteiger partial charge in [0.1, 0.15) is 5.82 Å². The van der Waals surface area contributed by atoms with Gasteiger partial charge in [-0.15, -0.1) is 0 Å². The van der Waals surface area contributed by atoms with Crippen LogP contribution in [0.25, 0.3) is 0 Å². The van der Waals surface area contributed by atoms with Crippen molar-refractivity contribution < 1.29 is 9.13 Å². The summed E-state index contributed by atoms with van der Waals surface area (Å²) >= 11 is 0. The molecule has 3 heteroatoms. The Morgan fingerprint density at radius 3 is 2.53 bits per heavy atom. The predicted octanol–water partition coefficient (Wildman–Crippen LogP) is 2.96. The van der Waals surface area contributed by atoms with E-state index in [1.807, 2.05) is 30.3 Å². The van der Waals surface area contributed by atoms with Gasteiger partial charge in [-0.3, -0.25) is 0 Å². The molecule has 0 radical (unpaired) electrons. The lowest BCUT2D eigenvalue weighted by molar-refractivity contribution is -0.469. The third-order valence-corrected chi connectivity index (χ3v) is 2.32. The zero-order valence-corrected chi connectivity index (χ0v) is 9.21. The van der Waals surface area contributed by atoms with Crippen molar-refractivity contribution in [3.63, 3.8) is 0 Å². The number of hydrogen-bond acceptors (Lipinski definition) is 1. The SMILES string of the molecule is [O-][N+](=Cc1cccc(F)c1)Cc1ccccc1. The molecule has 0 spiro atoms. The molecule has 0 saturated heterocycles. The van der Waals surface area contributed by atoms with E-state index in [0.717, 1.165) is 10.3 Å². The molecule has 0 aliphatic heterocycles. The number of benzene rings is 2. The molecular weight excluding hydrogens is 217 g/mol. The van der Waals surface area contributed by atoms with Crippen LogP contribution < -0.4 is 0 Å². The minimum atomic E-state index is -0.341. The van der Waals surface area contributed by atoms with E-state index in [9.17, 15) is 9.60 Å². The lowest BCUT2D eigenvalue weighted by Gasteiger charge is -2.03. The Balaban J connectivity index is 2.12. The van der Waals surface area contributed by atoms with Gasteiger partial charge in [0.2, 0.25) is 0 Å². The molecule has 0 N–H and O–H groups in total. The second kappa shape index (κ2) is 5.25. The van der Waals surface area contributed by atoms with Crippen molar-refractivity contribution in [1.29, 1.82) is 0 Å². The molecule has 0 saturated carbocycles. The van der Waals surface area contributed by atoms with Crippen molar-refractivity contribution in [2.24, 2.45) is 0 Å². The number of nitrogens with zero attached hydrogens (tertiary/aromatic N) is 1. The Labute approximate surface area is 99.2 Å². The topological polar surface area (TPSA) is 26.1 Å². The number of hydroxylamine groups is 1. The van der Waals surface area contributed by atoms with Crippen LogP contribution >= 0.6 is 0 Å². The Hall–Kier alpha value is -2.16. The summed E-state index contributed by atoms with van der Waals surface area (Å²) in [4.78, 5) is 0. The molecule has 0 atom stereocenters. The van der Waals surface area contributed by atoms with Crippen LogP contribution in [0.3, 0.4) is 0 Å². The van der Waals surface area contributed by atoms with Crippen LogP contribution in [0.2, 0.25) is 0 Å². The van der Waals surface area contributed by atoms with Gasteiger partial charge >= 0.3 is 0 Å². The van der Waals surface area contributed by atoms with Crippen LogP contribution in [0.15, 0.2) is 54.6 Å². The van der Waals surface area contributed by atoms with E-state index < -0.39 is 0 Å². The van der Waals surface area contributed by atoms with Crippen molar-refractivity contribution in [1.82, 2.24) is 0 Å². The molecule has 17 heavy (non-hydrogen) atoms. The number of halogens is 1. The molecule has 2 rings (SSSR count). The molecule has 0 bridgehead atoms. The van der Waals surface area contributed by atoms with Crippen molar-refractivity contribution in [2.45, 2.75) is 6.54 Å². The van der Waals surface area contributed by atoms with E-state index in [-0.39, 0.29) is 12.4 Å². The monoisotopic (exact) mass is 229 g/mol. The lowest BCUT2D eigenvalue weighted by atomic mass is 10.2. The maximum Gasteiger partial charge on any atom is 0.182 e. The normalized spacial score (nSPS) is 11.5. The van der Waals surface area contributed by atoms with Crippen molar-refractivity contribution in [2.75, 3.05) is 0 Å². The Bertz CT molecular complexity index is 523. The zero-order chi connectivity index (χ0) is 12.1. The van der Waals surface area contributed by atoms with E-state index in [1.165, 1.54) is 18.3 Å². The first-order valence-electron chi connectivity index (χ1n) is 5.32. The molecule has 2 aromatic carbocycles. The summed E-state index contributed by atoms with van der Waals surface area (Å²) in [5.74, 6) is -0.341. The summed E-state index contributed by atoms with van der Waals surface area (Å²) in [5, 5.41) is 11.6. The molecule has 0 fully saturated rings. The first-order chi connectivity index (χ1) is 8.24. The van der Waals surface area contributed by atoms with Gasteiger partial charge in [0, 0.05) is 11.1 Å². The van der Waals surface area contributed by atoms with E-state index in [2.05, 4.69) is 0 Å². The molecule has 0 unspecified atom stereocenters. The molecule has 2 nitrogen and oxygen atoms in total. The van der Waals surface area contributed by atoms with Crippen LogP contribution in [0.5, 0.6) is 0 Å². The maximum atomic E-state index is 12.9. The fraction of sp³-hybridized carbons (Fsp3) is 0.0714. The standard InChI is InChI=1S/C14H12FNO/c15-14-8-4-7-13(9-14)11-16(17)10-12-5-2-1-3-6-12/h1-9,11H,10H2. The molecule has 86 valence electrons. The number of hydrogen-bond donors (Lipinski definition) is 0. The van der Waals surface area contributed by atoms with Gasteiger partial charge in [-0.25, -0.2) is 9.13 Å². The summed E-state index contributed by atoms with van der Waals surface area (Å²) in [6.45, 7) is 0.261. The largest absolute Gasteiger partial charge is 0.624 e. The van der Waals surface area contributed by atoms with Crippen LogP contribution in [-0.4, -0.2) is 11.0 Å². The second-order valence-corrected chi connectivity index (χ2v) is 3.74. The average Bonchev–Trinajstić information content (AvgIpc) is 2.30. The van der Waals surface area contributed by atoms with Gasteiger partial charge in [-0.2, -0.15) is 0 Å². The van der Waals surface area contributed by atoms with E-state index in [4.69, 9.17) is 0 Å². The minimum absolute atomic E-state index is 0.261. The van der Waals surface area contributed by atoms with Crippen LogP contribution in [0, 0.1) is 11.0 Å². The van der Waals surface area contributed by atoms with E-state index in [0.29, 0.717) is 5.56 Å². The highest BCUT2D eigenvalue weighted by atomic mass is 19.1. The molecule has 0 aromatic heterocycles. The highest BCUT2D eigenvalue weighted by Gasteiger charge is 1.99. The summed E-state index contributed by atoms with van der Waals surface area (Å²) in [6, 6.07) is 15.4. The molecule has 0 amide bonds. The van der Waals surface area contributed by atoms with Crippen molar-refractivity contribution >= 4 is 6.21 Å². The smallest absolute Gasteiger partial charge is 0.182 e. The molecule has 2 aromatic rings. The molecule has 0 aliphatic carbocycles. The van der Waals surface area contributed by atoms with Crippen molar-refractivity contribution in [3.8, 4) is 0 Å². The summed E-state index contributed by atoms with van der Waals surface area (Å²) < 4.78 is 13.7. The third-order valence-electron chi connectivity index (χ3n) is 2.32. The van der Waals surface area contributed by atoms with E-state index >= 15 is 0 Å². The molecule has 0 heterocycles. The van der Waals surface area contributed by atoms with Gasteiger partial charge in [0.05, 0.1) is 0 Å². The molecule has 0 aliphatic rings. The quantitative estimate of drug-likeness (QED) is 0.344. The average molecular weight is 229 g/mol. The van der Waals surface area contributed by atoms with Gasteiger partial charge < -0.3 is 5.21 Å². The predicted molar refractivity (Wildman–Crippen MR) is 65.3 cm³/mol. The first kappa shape index (κ1) is 11.3. The van der Waals surface area contributed by atoms with Gasteiger partial charge in [0.15, 0.2) is 12.8 Å².